The van der Waals surface area contributed by atoms with Gasteiger partial charge in [0.15, 0.2) is 18.3 Å². The van der Waals surface area contributed by atoms with Crippen LogP contribution in [-0.4, -0.2) is 80.8 Å². The van der Waals surface area contributed by atoms with Crippen molar-refractivity contribution in [1.29, 1.82) is 0 Å². The average Bonchev–Trinajstić information content (AvgIpc) is 3.00. The van der Waals surface area contributed by atoms with Crippen LogP contribution in [0.4, 0.5) is 0 Å². The van der Waals surface area contributed by atoms with Crippen LogP contribution in [0.15, 0.2) is 48.5 Å². The fourth-order valence-electron chi connectivity index (χ4n) is 5.02. The highest BCUT2D eigenvalue weighted by Gasteiger charge is 2.52. The Morgan fingerprint density at radius 3 is 1.85 bits per heavy atom. The minimum atomic E-state index is -1.28. The zero-order valence-electron chi connectivity index (χ0n) is 26.5. The largest absolute Gasteiger partial charge is 0.463 e. The standard InChI is InChI=1S/C33H38N2O11/c1-18(36)42-17-27-29(43-19(2)37)31(45-21(4)39)30(44-20(3)38)28(46-27)24-12-8-10-22(13-24)9-7-11-23-14-25(32(40)34-5)16-26(15-23)33(41)35-6/h7-8,10-16,27-31H,9,17H2,1-6H3,(H,34,40)(H,35,41)/b11-7+/t27-,28-,29-,30-,31-/m1/s1. The van der Waals surface area contributed by atoms with Crippen LogP contribution in [0.1, 0.15) is 71.2 Å². The molecule has 1 heterocycles. The van der Waals surface area contributed by atoms with E-state index < -0.39 is 54.4 Å². The van der Waals surface area contributed by atoms with Gasteiger partial charge < -0.3 is 34.3 Å². The first-order valence-corrected chi connectivity index (χ1v) is 14.5. The molecular formula is C33H38N2O11. The van der Waals surface area contributed by atoms with E-state index in [1.807, 2.05) is 18.2 Å². The van der Waals surface area contributed by atoms with Crippen molar-refractivity contribution in [3.05, 3.63) is 76.4 Å². The van der Waals surface area contributed by atoms with Gasteiger partial charge in [-0.05, 0) is 41.3 Å². The molecule has 2 N–H and O–H groups in total. The first-order valence-electron chi connectivity index (χ1n) is 14.5. The summed E-state index contributed by atoms with van der Waals surface area (Å²) in [7, 11) is 3.01. The zero-order chi connectivity index (χ0) is 34.0. The number of allylic oxidation sites excluding steroid dienone is 1. The normalized spacial score (nSPS) is 20.7. The van der Waals surface area contributed by atoms with E-state index >= 15 is 0 Å². The van der Waals surface area contributed by atoms with Gasteiger partial charge in [-0.3, -0.25) is 28.8 Å². The Morgan fingerprint density at radius 2 is 1.30 bits per heavy atom. The number of hydrogen-bond acceptors (Lipinski definition) is 11. The maximum atomic E-state index is 12.3. The second-order valence-electron chi connectivity index (χ2n) is 10.5. The number of benzene rings is 2. The van der Waals surface area contributed by atoms with Crippen LogP contribution in [0.25, 0.3) is 6.08 Å². The van der Waals surface area contributed by atoms with Crippen molar-refractivity contribution < 1.29 is 52.5 Å². The summed E-state index contributed by atoms with van der Waals surface area (Å²) in [4.78, 5) is 72.5. The number of hydrogen-bond donors (Lipinski definition) is 2. The molecule has 2 aromatic carbocycles. The molecule has 0 radical (unpaired) electrons. The molecule has 13 heteroatoms. The molecule has 0 saturated carbocycles. The molecule has 0 aliphatic carbocycles. The maximum absolute atomic E-state index is 12.3. The number of ether oxygens (including phenoxy) is 5. The van der Waals surface area contributed by atoms with Gasteiger partial charge in [-0.1, -0.05) is 36.4 Å². The van der Waals surface area contributed by atoms with Crippen LogP contribution in [0.2, 0.25) is 0 Å². The number of amides is 2. The summed E-state index contributed by atoms with van der Waals surface area (Å²) in [5.41, 5.74) is 2.65. The Morgan fingerprint density at radius 1 is 0.739 bits per heavy atom. The van der Waals surface area contributed by atoms with Gasteiger partial charge in [0.2, 0.25) is 0 Å². The lowest BCUT2D eigenvalue weighted by Crippen LogP contribution is -2.59. The first kappa shape index (κ1) is 35.4. The summed E-state index contributed by atoms with van der Waals surface area (Å²) in [5, 5.41) is 5.11. The van der Waals surface area contributed by atoms with E-state index in [-0.39, 0.29) is 18.4 Å². The fourth-order valence-corrected chi connectivity index (χ4v) is 5.02. The summed E-state index contributed by atoms with van der Waals surface area (Å²) >= 11 is 0. The maximum Gasteiger partial charge on any atom is 0.303 e. The van der Waals surface area contributed by atoms with Crippen molar-refractivity contribution in [2.45, 2.75) is 64.6 Å². The van der Waals surface area contributed by atoms with E-state index in [0.717, 1.165) is 19.4 Å². The van der Waals surface area contributed by atoms with Crippen molar-refractivity contribution >= 4 is 41.8 Å². The van der Waals surface area contributed by atoms with Crippen LogP contribution < -0.4 is 10.6 Å². The lowest BCUT2D eigenvalue weighted by Gasteiger charge is -2.44. The lowest BCUT2D eigenvalue weighted by molar-refractivity contribution is -0.254. The first-order chi connectivity index (χ1) is 21.8. The Kier molecular flexibility index (Phi) is 12.6. The number of rotatable bonds is 11. The molecule has 0 bridgehead atoms. The monoisotopic (exact) mass is 638 g/mol. The highest BCUT2D eigenvalue weighted by atomic mass is 16.7. The van der Waals surface area contributed by atoms with E-state index in [9.17, 15) is 28.8 Å². The topological polar surface area (TPSA) is 173 Å². The molecule has 13 nitrogen and oxygen atoms in total. The second kappa shape index (κ2) is 16.3. The Hall–Kier alpha value is -5.04. The minimum Gasteiger partial charge on any atom is -0.463 e. The van der Waals surface area contributed by atoms with Crippen LogP contribution in [0.3, 0.4) is 0 Å². The van der Waals surface area contributed by atoms with Crippen LogP contribution >= 0.6 is 0 Å². The van der Waals surface area contributed by atoms with Gasteiger partial charge in [0.1, 0.15) is 18.8 Å². The zero-order valence-corrected chi connectivity index (χ0v) is 26.5. The van der Waals surface area contributed by atoms with E-state index in [4.69, 9.17) is 23.7 Å². The minimum absolute atomic E-state index is 0.328. The smallest absolute Gasteiger partial charge is 0.303 e. The summed E-state index contributed by atoms with van der Waals surface area (Å²) in [6.07, 6.45) is -1.79. The molecule has 5 atom stereocenters. The van der Waals surface area contributed by atoms with Gasteiger partial charge in [0.25, 0.3) is 11.8 Å². The summed E-state index contributed by atoms with van der Waals surface area (Å²) in [6, 6.07) is 12.0. The Balaban J connectivity index is 1.97. The van der Waals surface area contributed by atoms with Gasteiger partial charge in [-0.15, -0.1) is 0 Å². The predicted molar refractivity (Wildman–Crippen MR) is 163 cm³/mol. The van der Waals surface area contributed by atoms with Crippen molar-refractivity contribution in [3.63, 3.8) is 0 Å². The Bertz CT molecular complexity index is 1470. The molecule has 246 valence electrons. The molecule has 2 aromatic rings. The van der Waals surface area contributed by atoms with Gasteiger partial charge in [-0.2, -0.15) is 0 Å². The molecule has 1 saturated heterocycles. The summed E-state index contributed by atoms with van der Waals surface area (Å²) in [5.74, 6) is -3.40. The van der Waals surface area contributed by atoms with Crippen molar-refractivity contribution in [3.8, 4) is 0 Å². The number of carbonyl (C=O) groups excluding carboxylic acids is 6. The number of esters is 4. The van der Waals surface area contributed by atoms with Gasteiger partial charge in [-0.25, -0.2) is 0 Å². The van der Waals surface area contributed by atoms with Crippen LogP contribution in [0.5, 0.6) is 0 Å². The molecule has 1 aliphatic heterocycles. The predicted octanol–water partition coefficient (Wildman–Crippen LogP) is 2.46. The highest BCUT2D eigenvalue weighted by molar-refractivity contribution is 6.00. The second-order valence-corrected chi connectivity index (χ2v) is 10.5. The van der Waals surface area contributed by atoms with Crippen molar-refractivity contribution in [1.82, 2.24) is 10.6 Å². The molecule has 0 spiro atoms. The molecule has 46 heavy (non-hydrogen) atoms. The molecule has 1 aliphatic rings. The molecule has 0 aromatic heterocycles. The van der Waals surface area contributed by atoms with E-state index in [1.54, 1.807) is 30.3 Å². The third-order valence-corrected chi connectivity index (χ3v) is 6.87. The third-order valence-electron chi connectivity index (χ3n) is 6.87. The molecular weight excluding hydrogens is 600 g/mol. The van der Waals surface area contributed by atoms with Crippen molar-refractivity contribution in [2.75, 3.05) is 20.7 Å². The summed E-state index contributed by atoms with van der Waals surface area (Å²) < 4.78 is 28.0. The van der Waals surface area contributed by atoms with Gasteiger partial charge >= 0.3 is 23.9 Å². The summed E-state index contributed by atoms with van der Waals surface area (Å²) in [6.45, 7) is 4.38. The highest BCUT2D eigenvalue weighted by Crippen LogP contribution is 2.38. The third kappa shape index (κ3) is 9.73. The number of carbonyl (C=O) groups is 6. The van der Waals surface area contributed by atoms with E-state index in [1.165, 1.54) is 34.0 Å². The molecule has 1 fully saturated rings. The molecule has 2 amide bonds. The molecule has 0 unspecified atom stereocenters. The fraction of sp³-hybridized carbons (Fsp3) is 0.394. The van der Waals surface area contributed by atoms with Crippen LogP contribution in [0, 0.1) is 0 Å². The SMILES string of the molecule is CNC(=O)c1cc(/C=C/Cc2cccc([C@H]3O[C@H](COC(C)=O)[C@@H](OC(C)=O)[C@@H](OC(C)=O)[C@@H]3OC(C)=O)c2)cc(C(=O)NC)c1. The average molecular weight is 639 g/mol. The van der Waals surface area contributed by atoms with E-state index in [0.29, 0.717) is 28.7 Å². The number of nitrogens with one attached hydrogen (secondary N) is 2. The van der Waals surface area contributed by atoms with Gasteiger partial charge in [0, 0.05) is 52.9 Å². The van der Waals surface area contributed by atoms with Gasteiger partial charge in [0.05, 0.1) is 0 Å². The lowest BCUT2D eigenvalue weighted by atomic mass is 9.89. The Labute approximate surface area is 266 Å². The van der Waals surface area contributed by atoms with Crippen molar-refractivity contribution in [2.24, 2.45) is 0 Å². The van der Waals surface area contributed by atoms with E-state index in [2.05, 4.69) is 10.6 Å². The quantitative estimate of drug-likeness (QED) is 0.274. The van der Waals surface area contributed by atoms with Crippen LogP contribution in [-0.2, 0) is 49.3 Å². The molecule has 3 rings (SSSR count).